The van der Waals surface area contributed by atoms with Crippen LogP contribution in [0.5, 0.6) is 5.75 Å². The first-order chi connectivity index (χ1) is 17.4. The molecule has 0 bridgehead atoms. The fraction of sp³-hybridized carbons (Fsp3) is 0.214. The van der Waals surface area contributed by atoms with Crippen LogP contribution < -0.4 is 4.74 Å². The molecule has 0 fully saturated rings. The predicted molar refractivity (Wildman–Crippen MR) is 132 cm³/mol. The molecule has 4 rings (SSSR count). The van der Waals surface area contributed by atoms with Crippen molar-refractivity contribution in [3.05, 3.63) is 101 Å². The van der Waals surface area contributed by atoms with Crippen LogP contribution in [0.25, 0.3) is 11.1 Å². The summed E-state index contributed by atoms with van der Waals surface area (Å²) < 4.78 is 25.3. The smallest absolute Gasteiger partial charge is 0.373 e. The molecular weight excluding hydrogens is 464 g/mol. The minimum atomic E-state index is -0.530. The summed E-state index contributed by atoms with van der Waals surface area (Å²) in [6.45, 7) is 3.67. The number of hydrogen-bond donors (Lipinski definition) is 1. The van der Waals surface area contributed by atoms with E-state index in [2.05, 4.69) is 21.6 Å². The largest absolute Gasteiger partial charge is 0.489 e. The van der Waals surface area contributed by atoms with Gasteiger partial charge in [0.05, 0.1) is 20.8 Å². The summed E-state index contributed by atoms with van der Waals surface area (Å²) in [5.74, 6) is 1.24. The molecule has 8 nitrogen and oxygen atoms in total. The maximum atomic E-state index is 11.5. The Morgan fingerprint density at radius 3 is 1.75 bits per heavy atom. The van der Waals surface area contributed by atoms with E-state index < -0.39 is 11.9 Å². The van der Waals surface area contributed by atoms with Crippen molar-refractivity contribution in [1.82, 2.24) is 0 Å². The number of furan rings is 2. The summed E-state index contributed by atoms with van der Waals surface area (Å²) in [5, 5.41) is 8.77. The van der Waals surface area contributed by atoms with E-state index in [1.54, 1.807) is 19.9 Å². The van der Waals surface area contributed by atoms with Gasteiger partial charge in [0.2, 0.25) is 11.5 Å². The van der Waals surface area contributed by atoms with Crippen molar-refractivity contribution in [2.24, 2.45) is 0 Å². The number of carbonyl (C=O) groups excluding carboxylic acids is 2. The highest BCUT2D eigenvalue weighted by Crippen LogP contribution is 2.23. The Hall–Kier alpha value is -4.30. The van der Waals surface area contributed by atoms with E-state index in [9.17, 15) is 9.59 Å². The Morgan fingerprint density at radius 2 is 1.25 bits per heavy atom. The van der Waals surface area contributed by atoms with Gasteiger partial charge in [-0.15, -0.1) is 0 Å². The maximum absolute atomic E-state index is 11.5. The molecule has 2 heterocycles. The summed E-state index contributed by atoms with van der Waals surface area (Å²) in [6.07, 6.45) is 0. The van der Waals surface area contributed by atoms with Gasteiger partial charge in [-0.05, 0) is 49.2 Å². The second-order valence-electron chi connectivity index (χ2n) is 7.70. The first kappa shape index (κ1) is 26.3. The van der Waals surface area contributed by atoms with Crippen LogP contribution in [-0.4, -0.2) is 31.3 Å². The molecule has 0 saturated carbocycles. The molecule has 0 saturated heterocycles. The van der Waals surface area contributed by atoms with Gasteiger partial charge in [0, 0.05) is 11.1 Å². The average molecular weight is 493 g/mol. The van der Waals surface area contributed by atoms with E-state index in [4.69, 9.17) is 18.7 Å². The van der Waals surface area contributed by atoms with Gasteiger partial charge in [-0.2, -0.15) is 0 Å². The molecule has 188 valence electrons. The SMILES string of the molecule is COC(=O)c1cc(CO)c(C)o1.COC(=O)c1cc(COc2ccc(-c3ccccc3)cc2)c(C)o1. The molecule has 0 unspecified atom stereocenters. The van der Waals surface area contributed by atoms with Crippen LogP contribution in [0.15, 0.2) is 75.6 Å². The number of aliphatic hydroxyl groups is 1. The van der Waals surface area contributed by atoms with Crippen molar-refractivity contribution in [2.75, 3.05) is 14.2 Å². The number of carbonyl (C=O) groups is 2. The van der Waals surface area contributed by atoms with E-state index in [1.165, 1.54) is 20.3 Å². The summed E-state index contributed by atoms with van der Waals surface area (Å²) in [7, 11) is 2.60. The Morgan fingerprint density at radius 1 is 0.750 bits per heavy atom. The van der Waals surface area contributed by atoms with Crippen molar-refractivity contribution in [3.63, 3.8) is 0 Å². The number of aryl methyl sites for hydroxylation is 2. The van der Waals surface area contributed by atoms with Crippen molar-refractivity contribution in [2.45, 2.75) is 27.1 Å². The van der Waals surface area contributed by atoms with Gasteiger partial charge in [-0.25, -0.2) is 9.59 Å². The molecule has 0 amide bonds. The lowest BCUT2D eigenvalue weighted by atomic mass is 10.1. The molecule has 0 radical (unpaired) electrons. The highest BCUT2D eigenvalue weighted by Gasteiger charge is 2.15. The van der Waals surface area contributed by atoms with Crippen molar-refractivity contribution in [1.29, 1.82) is 0 Å². The summed E-state index contributed by atoms with van der Waals surface area (Å²) in [6, 6.07) is 21.2. The molecule has 4 aromatic rings. The molecule has 0 aliphatic rings. The highest BCUT2D eigenvalue weighted by atomic mass is 16.5. The Bertz CT molecular complexity index is 1280. The third kappa shape index (κ3) is 6.64. The lowest BCUT2D eigenvalue weighted by Gasteiger charge is -2.07. The minimum absolute atomic E-state index is 0.124. The van der Waals surface area contributed by atoms with Gasteiger partial charge in [-0.1, -0.05) is 42.5 Å². The standard InChI is InChI=1S/C20H18O4.C8H10O4/c1-14-17(12-19(24-14)20(21)22-2)13-23-18-10-8-16(9-11-18)15-6-4-3-5-7-15;1-5-6(4-9)3-7(12-5)8(10)11-2/h3-12H,13H2,1-2H3;3,9H,4H2,1-2H3. The van der Waals surface area contributed by atoms with Crippen molar-refractivity contribution >= 4 is 11.9 Å². The minimum Gasteiger partial charge on any atom is -0.489 e. The van der Waals surface area contributed by atoms with Crippen LogP contribution in [0.4, 0.5) is 0 Å². The molecular formula is C28H28O8. The Balaban J connectivity index is 0.000000253. The third-order valence-electron chi connectivity index (χ3n) is 5.34. The van der Waals surface area contributed by atoms with Crippen molar-refractivity contribution in [3.8, 4) is 16.9 Å². The summed E-state index contributed by atoms with van der Waals surface area (Å²) >= 11 is 0. The lowest BCUT2D eigenvalue weighted by molar-refractivity contribution is 0.0556. The number of methoxy groups -OCH3 is 2. The Labute approximate surface area is 209 Å². The zero-order valence-electron chi connectivity index (χ0n) is 20.6. The van der Waals surface area contributed by atoms with Gasteiger partial charge >= 0.3 is 11.9 Å². The number of benzene rings is 2. The normalized spacial score (nSPS) is 10.2. The second-order valence-corrected chi connectivity index (χ2v) is 7.70. The van der Waals surface area contributed by atoms with Gasteiger partial charge in [0.1, 0.15) is 23.9 Å². The van der Waals surface area contributed by atoms with E-state index in [1.807, 2.05) is 42.5 Å². The van der Waals surface area contributed by atoms with Crippen LogP contribution >= 0.6 is 0 Å². The monoisotopic (exact) mass is 492 g/mol. The van der Waals surface area contributed by atoms with Crippen LogP contribution in [0, 0.1) is 13.8 Å². The number of aliphatic hydroxyl groups excluding tert-OH is 1. The van der Waals surface area contributed by atoms with Gasteiger partial charge in [0.15, 0.2) is 0 Å². The van der Waals surface area contributed by atoms with Crippen LogP contribution in [-0.2, 0) is 22.7 Å². The quantitative estimate of drug-likeness (QED) is 0.338. The second kappa shape index (κ2) is 12.4. The highest BCUT2D eigenvalue weighted by molar-refractivity contribution is 5.87. The fourth-order valence-electron chi connectivity index (χ4n) is 3.28. The van der Waals surface area contributed by atoms with Crippen molar-refractivity contribution < 1.29 is 37.7 Å². The van der Waals surface area contributed by atoms with E-state index >= 15 is 0 Å². The van der Waals surface area contributed by atoms with Gasteiger partial charge < -0.3 is 28.2 Å². The number of hydrogen-bond acceptors (Lipinski definition) is 8. The van der Waals surface area contributed by atoms with Crippen LogP contribution in [0.2, 0.25) is 0 Å². The van der Waals surface area contributed by atoms with Gasteiger partial charge in [-0.3, -0.25) is 0 Å². The van der Waals surface area contributed by atoms with Gasteiger partial charge in [0.25, 0.3) is 0 Å². The molecule has 2 aromatic carbocycles. The predicted octanol–water partition coefficient (Wildman–Crippen LogP) is 5.49. The van der Waals surface area contributed by atoms with E-state index in [0.717, 1.165) is 22.4 Å². The first-order valence-corrected chi connectivity index (χ1v) is 11.1. The average Bonchev–Trinajstić information content (AvgIpc) is 3.49. The molecule has 1 N–H and O–H groups in total. The summed E-state index contributed by atoms with van der Waals surface area (Å²) in [5.41, 5.74) is 3.73. The zero-order valence-corrected chi connectivity index (χ0v) is 20.6. The van der Waals surface area contributed by atoms with E-state index in [-0.39, 0.29) is 18.1 Å². The molecule has 0 atom stereocenters. The molecule has 0 aliphatic carbocycles. The molecule has 8 heteroatoms. The molecule has 2 aromatic heterocycles. The first-order valence-electron chi connectivity index (χ1n) is 11.1. The molecule has 36 heavy (non-hydrogen) atoms. The topological polar surface area (TPSA) is 108 Å². The number of esters is 2. The van der Waals surface area contributed by atoms with E-state index in [0.29, 0.717) is 23.7 Å². The lowest BCUT2D eigenvalue weighted by Crippen LogP contribution is -1.99. The molecule has 0 aliphatic heterocycles. The fourth-order valence-corrected chi connectivity index (χ4v) is 3.28. The zero-order chi connectivity index (χ0) is 26.1. The molecule has 0 spiro atoms. The third-order valence-corrected chi connectivity index (χ3v) is 5.34. The maximum Gasteiger partial charge on any atom is 0.373 e. The van der Waals surface area contributed by atoms with Crippen LogP contribution in [0.1, 0.15) is 43.8 Å². The number of ether oxygens (including phenoxy) is 3. The van der Waals surface area contributed by atoms with Crippen LogP contribution in [0.3, 0.4) is 0 Å². The number of rotatable bonds is 7. The summed E-state index contributed by atoms with van der Waals surface area (Å²) in [4.78, 5) is 22.4. The Kier molecular flexibility index (Phi) is 9.07.